The first-order valence-electron chi connectivity index (χ1n) is 4.61. The van der Waals surface area contributed by atoms with E-state index in [2.05, 4.69) is 5.32 Å². The number of ether oxygens (including phenoxy) is 1. The van der Waals surface area contributed by atoms with E-state index >= 15 is 0 Å². The van der Waals surface area contributed by atoms with Crippen molar-refractivity contribution in [1.82, 2.24) is 5.32 Å². The second-order valence-corrected chi connectivity index (χ2v) is 2.92. The lowest BCUT2D eigenvalue weighted by molar-refractivity contribution is 0.358. The van der Waals surface area contributed by atoms with E-state index in [9.17, 15) is 8.78 Å². The molecule has 0 aliphatic carbocycles. The molecule has 0 unspecified atom stereocenters. The smallest absolute Gasteiger partial charge is 0.162 e. The van der Waals surface area contributed by atoms with E-state index in [1.807, 2.05) is 13.1 Å². The fourth-order valence-corrected chi connectivity index (χ4v) is 0.980. The molecule has 2 nitrogen and oxygen atoms in total. The summed E-state index contributed by atoms with van der Waals surface area (Å²) < 4.78 is 30.4. The zero-order valence-electron chi connectivity index (χ0n) is 8.47. The molecular weight excluding hydrogens is 200 g/mol. The molecule has 0 atom stereocenters. The van der Waals surface area contributed by atoms with Crippen molar-refractivity contribution in [3.8, 4) is 5.75 Å². The molecule has 0 fully saturated rings. The molecule has 0 heterocycles. The summed E-state index contributed by atoms with van der Waals surface area (Å²) in [5.74, 6) is -1.44. The van der Waals surface area contributed by atoms with Crippen LogP contribution in [0.5, 0.6) is 5.75 Å². The molecule has 0 saturated heterocycles. The second kappa shape index (κ2) is 6.14. The highest BCUT2D eigenvalue weighted by Crippen LogP contribution is 2.15. The van der Waals surface area contributed by atoms with Crippen molar-refractivity contribution < 1.29 is 13.5 Å². The van der Waals surface area contributed by atoms with Gasteiger partial charge in [0.15, 0.2) is 11.6 Å². The number of nitrogens with one attached hydrogen (secondary N) is 1. The van der Waals surface area contributed by atoms with Gasteiger partial charge in [0.2, 0.25) is 0 Å². The zero-order valence-corrected chi connectivity index (χ0v) is 8.47. The Hall–Kier alpha value is -1.42. The van der Waals surface area contributed by atoms with Gasteiger partial charge in [0.1, 0.15) is 12.4 Å². The van der Waals surface area contributed by atoms with E-state index in [1.54, 1.807) is 6.08 Å². The van der Waals surface area contributed by atoms with Gasteiger partial charge in [-0.15, -0.1) is 0 Å². The van der Waals surface area contributed by atoms with Gasteiger partial charge in [-0.3, -0.25) is 0 Å². The van der Waals surface area contributed by atoms with Crippen LogP contribution in [0.4, 0.5) is 8.78 Å². The average molecular weight is 213 g/mol. The Morgan fingerprint density at radius 1 is 1.27 bits per heavy atom. The van der Waals surface area contributed by atoms with Gasteiger partial charge in [0.25, 0.3) is 0 Å². The Morgan fingerprint density at radius 2 is 2.07 bits per heavy atom. The SMILES string of the molecule is CNC/C=C/COc1ccc(F)c(F)c1. The topological polar surface area (TPSA) is 21.3 Å². The molecule has 15 heavy (non-hydrogen) atoms. The predicted octanol–water partition coefficient (Wildman–Crippen LogP) is 2.12. The normalized spacial score (nSPS) is 10.9. The van der Waals surface area contributed by atoms with Crippen LogP contribution in [0.15, 0.2) is 30.4 Å². The molecule has 0 saturated carbocycles. The van der Waals surface area contributed by atoms with E-state index in [4.69, 9.17) is 4.74 Å². The van der Waals surface area contributed by atoms with Gasteiger partial charge >= 0.3 is 0 Å². The Bertz CT molecular complexity index is 339. The van der Waals surface area contributed by atoms with Crippen molar-refractivity contribution in [3.63, 3.8) is 0 Å². The molecule has 0 aliphatic heterocycles. The summed E-state index contributed by atoms with van der Waals surface area (Å²) in [5, 5.41) is 2.93. The molecule has 0 radical (unpaired) electrons. The van der Waals surface area contributed by atoms with Crippen LogP contribution >= 0.6 is 0 Å². The van der Waals surface area contributed by atoms with Crippen molar-refractivity contribution in [2.75, 3.05) is 20.2 Å². The number of hydrogen-bond donors (Lipinski definition) is 1. The van der Waals surface area contributed by atoms with Crippen LogP contribution in [0, 0.1) is 11.6 Å². The number of benzene rings is 1. The minimum atomic E-state index is -0.897. The van der Waals surface area contributed by atoms with E-state index in [0.29, 0.717) is 12.4 Å². The molecule has 82 valence electrons. The Morgan fingerprint density at radius 3 is 2.73 bits per heavy atom. The Labute approximate surface area is 87.6 Å². The average Bonchev–Trinajstić information content (AvgIpc) is 2.23. The summed E-state index contributed by atoms with van der Waals surface area (Å²) in [7, 11) is 1.83. The lowest BCUT2D eigenvalue weighted by Crippen LogP contribution is -2.04. The molecule has 1 aromatic rings. The van der Waals surface area contributed by atoms with E-state index in [-0.39, 0.29) is 0 Å². The first kappa shape index (κ1) is 11.7. The summed E-state index contributed by atoms with van der Waals surface area (Å²) in [6.45, 7) is 1.09. The number of likely N-dealkylation sites (N-methyl/N-ethyl adjacent to an activating group) is 1. The number of halogens is 2. The molecule has 1 N–H and O–H groups in total. The third kappa shape index (κ3) is 4.08. The maximum atomic E-state index is 12.7. The van der Waals surface area contributed by atoms with Gasteiger partial charge in [0, 0.05) is 12.6 Å². The van der Waals surface area contributed by atoms with Gasteiger partial charge in [-0.1, -0.05) is 12.2 Å². The maximum absolute atomic E-state index is 12.7. The van der Waals surface area contributed by atoms with Crippen LogP contribution in [-0.2, 0) is 0 Å². The van der Waals surface area contributed by atoms with Crippen LogP contribution in [0.25, 0.3) is 0 Å². The molecule has 0 bridgehead atoms. The predicted molar refractivity (Wildman–Crippen MR) is 54.9 cm³/mol. The van der Waals surface area contributed by atoms with Gasteiger partial charge in [0.05, 0.1) is 0 Å². The largest absolute Gasteiger partial charge is 0.489 e. The van der Waals surface area contributed by atoms with Crippen molar-refractivity contribution in [2.24, 2.45) is 0 Å². The first-order valence-corrected chi connectivity index (χ1v) is 4.61. The molecule has 1 aromatic carbocycles. The summed E-state index contributed by atoms with van der Waals surface area (Å²) in [6, 6.07) is 3.47. The van der Waals surface area contributed by atoms with Gasteiger partial charge in [-0.2, -0.15) is 0 Å². The van der Waals surface area contributed by atoms with Crippen molar-refractivity contribution in [1.29, 1.82) is 0 Å². The highest BCUT2D eigenvalue weighted by molar-refractivity contribution is 5.23. The molecular formula is C11H13F2NO. The zero-order chi connectivity index (χ0) is 11.1. The Kier molecular flexibility index (Phi) is 4.77. The summed E-state index contributed by atoms with van der Waals surface area (Å²) in [4.78, 5) is 0. The lowest BCUT2D eigenvalue weighted by Gasteiger charge is -2.02. The molecule has 0 aromatic heterocycles. The maximum Gasteiger partial charge on any atom is 0.162 e. The van der Waals surface area contributed by atoms with Crippen molar-refractivity contribution in [3.05, 3.63) is 42.0 Å². The monoisotopic (exact) mass is 213 g/mol. The van der Waals surface area contributed by atoms with Gasteiger partial charge in [-0.05, 0) is 19.2 Å². The van der Waals surface area contributed by atoms with Crippen molar-refractivity contribution >= 4 is 0 Å². The van der Waals surface area contributed by atoms with Crippen LogP contribution in [0.1, 0.15) is 0 Å². The lowest BCUT2D eigenvalue weighted by atomic mass is 10.3. The number of hydrogen-bond acceptors (Lipinski definition) is 2. The minimum absolute atomic E-state index is 0.322. The highest BCUT2D eigenvalue weighted by atomic mass is 19.2. The summed E-state index contributed by atoms with van der Waals surface area (Å²) >= 11 is 0. The van der Waals surface area contributed by atoms with E-state index < -0.39 is 11.6 Å². The minimum Gasteiger partial charge on any atom is -0.489 e. The quantitative estimate of drug-likeness (QED) is 0.756. The molecule has 0 amide bonds. The van der Waals surface area contributed by atoms with E-state index in [0.717, 1.165) is 18.7 Å². The summed E-state index contributed by atoms with van der Waals surface area (Å²) in [5.41, 5.74) is 0. The van der Waals surface area contributed by atoms with Crippen LogP contribution in [0.2, 0.25) is 0 Å². The highest BCUT2D eigenvalue weighted by Gasteiger charge is 2.01. The molecule has 1 rings (SSSR count). The first-order chi connectivity index (χ1) is 7.24. The van der Waals surface area contributed by atoms with Gasteiger partial charge < -0.3 is 10.1 Å². The summed E-state index contributed by atoms with van der Waals surface area (Å²) in [6.07, 6.45) is 3.69. The van der Waals surface area contributed by atoms with E-state index in [1.165, 1.54) is 6.07 Å². The fourth-order valence-electron chi connectivity index (χ4n) is 0.980. The van der Waals surface area contributed by atoms with Crippen LogP contribution in [-0.4, -0.2) is 20.2 Å². The Balaban J connectivity index is 2.41. The molecule has 4 heteroatoms. The van der Waals surface area contributed by atoms with Crippen LogP contribution < -0.4 is 10.1 Å². The third-order valence-corrected chi connectivity index (χ3v) is 1.73. The second-order valence-electron chi connectivity index (χ2n) is 2.92. The molecule has 0 aliphatic rings. The third-order valence-electron chi connectivity index (χ3n) is 1.73. The van der Waals surface area contributed by atoms with Crippen LogP contribution in [0.3, 0.4) is 0 Å². The van der Waals surface area contributed by atoms with Crippen molar-refractivity contribution in [2.45, 2.75) is 0 Å². The fraction of sp³-hybridized carbons (Fsp3) is 0.273. The number of rotatable bonds is 5. The molecule has 0 spiro atoms. The standard InChI is InChI=1S/C11H13F2NO/c1-14-6-2-3-7-15-9-4-5-10(12)11(13)8-9/h2-5,8,14H,6-7H2,1H3/b3-2+. The van der Waals surface area contributed by atoms with Gasteiger partial charge in [-0.25, -0.2) is 8.78 Å².